The molecule has 33 atom stereocenters. The number of hydrogen-bond donors (Lipinski definition) is 3. The first-order valence-electron chi connectivity index (χ1n) is 54.2. The standard InChI is InChI=1S/C118H124N10O6/c119-58-21-25-82-89(45-58)91(51-95-84-38-37-76-79-35-31-74-68-13-3-9-54-7-1-11-66(99(54)68)72-29-33-77(109(79)107(72)74)70-24-20-57(52-121-95)101(84)105(70)76)92-46-59(120)47-97-111(92)113(82)122-115-85-39-27-62(64-15-5-17-87(103(64)85)117(129)125(97)115)63-28-40-86-104-65(63)16-6-18-88(104)118(130)126-98-50-61(128(133)134)49-93-94(90-48-60(127(131)132)22-26-83(90)114(112(93)98)123-116(86)126)53-124-44-43-56-19-23-71-78-34-30-73-67-12-2-8-55-10-4-14-69(100(55)67)75-32-36-80(110(78)108(73)75)81-41-42-96(124)102(56)106(71)81/h5-6,15-18,21-22,25-28,39-40,45-50,54-57,66-81,84,95-96,99-102,105-110,121H,1-4,7-14,19-20,23-24,29-38,41-44,51-53,119-120H2. The Morgan fingerprint density at radius 3 is 1.27 bits per heavy atom. The van der Waals surface area contributed by atoms with Gasteiger partial charge in [0.2, 0.25) is 0 Å². The Morgan fingerprint density at radius 1 is 0.336 bits per heavy atom. The number of nitrogens with one attached hydrogen (secondary N) is 1. The van der Waals surface area contributed by atoms with Crippen molar-refractivity contribution in [1.29, 1.82) is 0 Å². The van der Waals surface area contributed by atoms with Crippen LogP contribution in [0.15, 0.2) is 131 Å². The van der Waals surface area contributed by atoms with Crippen molar-refractivity contribution in [3.63, 3.8) is 0 Å². The summed E-state index contributed by atoms with van der Waals surface area (Å²) in [5.41, 5.74) is 22.2. The molecule has 16 aliphatic carbocycles. The predicted molar refractivity (Wildman–Crippen MR) is 533 cm³/mol. The largest absolute Gasteiger partial charge is 0.399 e. The van der Waals surface area contributed by atoms with E-state index in [0.29, 0.717) is 108 Å². The average Bonchev–Trinajstić information content (AvgIpc) is 0.826. The van der Waals surface area contributed by atoms with Crippen LogP contribution in [0.5, 0.6) is 0 Å². The molecule has 33 unspecified atom stereocenters. The van der Waals surface area contributed by atoms with Crippen LogP contribution in [0.4, 0.5) is 22.7 Å². The van der Waals surface area contributed by atoms with E-state index < -0.39 is 0 Å². The number of non-ortho nitro benzene ring substituents is 2. The number of piperidine rings is 2. The van der Waals surface area contributed by atoms with Crippen LogP contribution in [0.3, 0.4) is 0 Å². The SMILES string of the molecule is Nc1ccc2c(c1)c(CC1NCC3CCC4C5CCC6C7CCCC8CCCC(C9CCC(C%10CCC1C3C4%10)C5C69)C87)c1cc(N)cc3c1c2nc1c2ccc(-c4ccc5c6c4cccc6c(=O)n4c6cc([N+](=O)[O-])cc7c(CN8CCC9CCC%10C%11CCC%12C%13CCCC%14CCCC(C%15CCC(C%16CCC8C9C%10%16)C%11C%12%15)C%14%13)c8cc([N+](=O)[O-])ccc8c(nc54)c76)c4cccc(c(=O)n31)c42. The van der Waals surface area contributed by atoms with Gasteiger partial charge < -0.3 is 16.8 Å². The Balaban J connectivity index is 0.490. The van der Waals surface area contributed by atoms with Gasteiger partial charge >= 0.3 is 0 Å². The minimum Gasteiger partial charge on any atom is -0.399 e. The number of nitro benzene ring substituents is 2. The van der Waals surface area contributed by atoms with E-state index in [4.69, 9.17) is 21.4 Å². The minimum absolute atomic E-state index is 0.0405. The van der Waals surface area contributed by atoms with Gasteiger partial charge in [-0.3, -0.25) is 43.5 Å². The number of nitro groups is 2. The van der Waals surface area contributed by atoms with Gasteiger partial charge in [0.15, 0.2) is 0 Å². The molecule has 2 saturated heterocycles. The van der Waals surface area contributed by atoms with E-state index in [1.165, 1.54) is 179 Å². The number of aromatic nitrogens is 4. The van der Waals surface area contributed by atoms with E-state index in [9.17, 15) is 20.2 Å². The number of fused-ring (bicyclic) bond motifs is 18. The highest BCUT2D eigenvalue weighted by Crippen LogP contribution is 2.76. The van der Waals surface area contributed by atoms with Crippen LogP contribution in [0.2, 0.25) is 0 Å². The van der Waals surface area contributed by atoms with Crippen molar-refractivity contribution in [1.82, 2.24) is 29.0 Å². The summed E-state index contributed by atoms with van der Waals surface area (Å²) in [4.78, 5) is 73.2. The van der Waals surface area contributed by atoms with E-state index in [1.54, 1.807) is 28.7 Å². The second kappa shape index (κ2) is 28.1. The zero-order valence-corrected chi connectivity index (χ0v) is 77.2. The number of rotatable bonds is 7. The lowest BCUT2D eigenvalue weighted by Gasteiger charge is -2.71. The van der Waals surface area contributed by atoms with Crippen molar-refractivity contribution in [2.75, 3.05) is 24.6 Å². The smallest absolute Gasteiger partial charge is 0.272 e. The maximum Gasteiger partial charge on any atom is 0.272 e. The number of nitrogens with two attached hydrogens (primary N) is 2. The van der Waals surface area contributed by atoms with E-state index in [1.807, 2.05) is 52.9 Å². The Labute approximate surface area is 780 Å². The topological polar surface area (TPSA) is 222 Å². The summed E-state index contributed by atoms with van der Waals surface area (Å²) in [5.74, 6) is 27.6. The highest BCUT2D eigenvalue weighted by molar-refractivity contribution is 6.28. The quantitative estimate of drug-likeness (QED) is 0.0446. The van der Waals surface area contributed by atoms with Gasteiger partial charge in [-0.15, -0.1) is 0 Å². The molecule has 0 amide bonds. The second-order valence-corrected chi connectivity index (χ2v) is 49.0. The molecule has 5 N–H and O–H groups in total. The zero-order valence-electron chi connectivity index (χ0n) is 77.2. The van der Waals surface area contributed by atoms with Gasteiger partial charge in [0.05, 0.1) is 31.9 Å². The fraction of sp³-hybridized carbons (Fsp3) is 0.559. The number of anilines is 2. The van der Waals surface area contributed by atoms with Gasteiger partial charge in [0.25, 0.3) is 22.5 Å². The molecule has 18 aliphatic rings. The molecule has 10 aromatic carbocycles. The molecule has 0 radical (unpaired) electrons. The van der Waals surface area contributed by atoms with Crippen LogP contribution in [-0.4, -0.2) is 58.7 Å². The Kier molecular flexibility index (Phi) is 16.4. The monoisotopic (exact) mass is 1780 g/mol. The Hall–Kier alpha value is -9.64. The van der Waals surface area contributed by atoms with Crippen molar-refractivity contribution in [3.05, 3.63) is 173 Å². The summed E-state index contributed by atoms with van der Waals surface area (Å²) in [6.07, 6.45) is 42.6. The highest BCUT2D eigenvalue weighted by atomic mass is 16.6. The van der Waals surface area contributed by atoms with Crippen molar-refractivity contribution in [2.24, 2.45) is 183 Å². The molecular weight excluding hydrogens is 1650 g/mol. The number of likely N-dealkylation sites (tertiary alicyclic amines) is 1. The molecule has 14 aromatic rings. The molecule has 32 rings (SSSR count). The fourth-order valence-electron chi connectivity index (χ4n) is 42.5. The van der Waals surface area contributed by atoms with Crippen LogP contribution in [0.1, 0.15) is 197 Å². The van der Waals surface area contributed by atoms with Crippen LogP contribution in [0.25, 0.3) is 131 Å². The summed E-state index contributed by atoms with van der Waals surface area (Å²) < 4.78 is 3.48. The normalized spacial score (nSPS) is 39.2. The zero-order chi connectivity index (χ0) is 88.0. The Morgan fingerprint density at radius 2 is 0.746 bits per heavy atom. The minimum atomic E-state index is -0.343. The maximum absolute atomic E-state index is 16.3. The number of benzene rings is 10. The Bertz CT molecular complexity index is 7570. The first-order chi connectivity index (χ1) is 65.8. The maximum atomic E-state index is 16.3. The second-order valence-electron chi connectivity index (χ2n) is 49.0. The van der Waals surface area contributed by atoms with Gasteiger partial charge in [-0.1, -0.05) is 93.8 Å². The van der Waals surface area contributed by atoms with Crippen LogP contribution in [-0.2, 0) is 13.0 Å². The lowest BCUT2D eigenvalue weighted by atomic mass is 9.34. The molecule has 16 saturated carbocycles. The first-order valence-corrected chi connectivity index (χ1v) is 54.2. The lowest BCUT2D eigenvalue weighted by molar-refractivity contribution is -0.384. The third-order valence-electron chi connectivity index (χ3n) is 45.6. The van der Waals surface area contributed by atoms with Gasteiger partial charge in [0, 0.05) is 108 Å². The van der Waals surface area contributed by atoms with Gasteiger partial charge in [0.1, 0.15) is 11.3 Å². The third-order valence-corrected chi connectivity index (χ3v) is 45.6. The predicted octanol–water partition coefficient (Wildman–Crippen LogP) is 25.1. The van der Waals surface area contributed by atoms with E-state index in [0.717, 1.165) is 268 Å². The molecule has 134 heavy (non-hydrogen) atoms. The van der Waals surface area contributed by atoms with Crippen LogP contribution in [0, 0.1) is 204 Å². The van der Waals surface area contributed by atoms with E-state index >= 15 is 9.59 Å². The molecule has 0 spiro atoms. The number of pyridine rings is 2. The van der Waals surface area contributed by atoms with Crippen molar-refractivity contribution < 1.29 is 9.85 Å². The number of nitrogen functional groups attached to an aromatic ring is 2. The van der Waals surface area contributed by atoms with Gasteiger partial charge in [-0.2, -0.15) is 0 Å². The summed E-state index contributed by atoms with van der Waals surface area (Å²) in [7, 11) is 0. The summed E-state index contributed by atoms with van der Waals surface area (Å²) >= 11 is 0. The number of nitrogens with zero attached hydrogens (tertiary/aromatic N) is 7. The van der Waals surface area contributed by atoms with E-state index in [2.05, 4.69) is 58.7 Å². The molecular formula is C118H124N10O6. The van der Waals surface area contributed by atoms with Crippen molar-refractivity contribution in [3.8, 4) is 11.1 Å². The van der Waals surface area contributed by atoms with Crippen molar-refractivity contribution >= 4 is 142 Å². The first kappa shape index (κ1) is 78.4. The summed E-state index contributed by atoms with van der Waals surface area (Å²) in [6.45, 7) is 2.48. The van der Waals surface area contributed by atoms with Crippen molar-refractivity contribution in [2.45, 2.75) is 211 Å². The molecule has 0 bridgehead atoms. The molecule has 682 valence electrons. The van der Waals surface area contributed by atoms with Gasteiger partial charge in [-0.05, 0) is 447 Å². The summed E-state index contributed by atoms with van der Waals surface area (Å²) in [5, 5.41) is 43.9. The van der Waals surface area contributed by atoms with Crippen LogP contribution < -0.4 is 27.9 Å². The molecule has 6 heterocycles. The number of hydrogen-bond acceptors (Lipinski definition) is 12. The molecule has 2 aliphatic heterocycles. The summed E-state index contributed by atoms with van der Waals surface area (Å²) in [6, 6.07) is 40.0. The third kappa shape index (κ3) is 10.2. The highest BCUT2D eigenvalue weighted by Gasteiger charge is 2.70. The average molecular weight is 1780 g/mol. The fourth-order valence-corrected chi connectivity index (χ4v) is 42.5. The molecule has 16 heteroatoms. The lowest BCUT2D eigenvalue weighted by Crippen LogP contribution is -2.67. The molecule has 4 aromatic heterocycles. The molecule has 18 fully saturated rings. The van der Waals surface area contributed by atoms with Gasteiger partial charge in [-0.25, -0.2) is 9.97 Å². The van der Waals surface area contributed by atoms with E-state index in [-0.39, 0.29) is 38.4 Å². The molecule has 16 nitrogen and oxygen atoms in total. The van der Waals surface area contributed by atoms with Crippen LogP contribution >= 0.6 is 0 Å².